The Morgan fingerprint density at radius 3 is 2.00 bits per heavy atom. The first-order valence-corrected chi connectivity index (χ1v) is 2.47. The number of hydrogen-bond donors (Lipinski definition) is 0. The van der Waals surface area contributed by atoms with E-state index in [1.165, 1.54) is 4.72 Å². The third kappa shape index (κ3) is 2.75. The van der Waals surface area contributed by atoms with E-state index in [0.29, 0.717) is 6.04 Å². The average molecular weight is 92.7 g/mol. The summed E-state index contributed by atoms with van der Waals surface area (Å²) in [5.74, 6) is 0. The Labute approximate surface area is 47.9 Å². The molecule has 1 nitrogen and oxygen atoms in total. The van der Waals surface area contributed by atoms with Gasteiger partial charge in [-0.3, -0.25) is 0 Å². The normalized spacial score (nSPS) is 14.7. The van der Waals surface area contributed by atoms with Crippen molar-refractivity contribution in [3.8, 4) is 0 Å². The maximum absolute atomic E-state index is 5.16. The van der Waals surface area contributed by atoms with E-state index < -0.39 is 0 Å². The van der Waals surface area contributed by atoms with Crippen LogP contribution in [0.3, 0.4) is 0 Å². The summed E-state index contributed by atoms with van der Waals surface area (Å²) >= 11 is 0. The summed E-state index contributed by atoms with van der Waals surface area (Å²) in [6.07, 6.45) is 0.993. The molecule has 1 atom stereocenters. The standard InChI is InChI=1S/C4H9B2N/c1-3-4(2)7(5)6/h4H,3H2,1-2H3. The van der Waals surface area contributed by atoms with E-state index in [-0.39, 0.29) is 0 Å². The predicted molar refractivity (Wildman–Crippen MR) is 33.1 cm³/mol. The molecule has 0 rings (SSSR count). The van der Waals surface area contributed by atoms with Crippen molar-refractivity contribution in [3.05, 3.63) is 0 Å². The lowest BCUT2D eigenvalue weighted by Gasteiger charge is -2.17. The van der Waals surface area contributed by atoms with Gasteiger partial charge in [0.1, 0.15) is 0 Å². The molecule has 0 bridgehead atoms. The van der Waals surface area contributed by atoms with E-state index in [1.807, 2.05) is 13.8 Å². The highest BCUT2D eigenvalue weighted by molar-refractivity contribution is 6.25. The average Bonchev–Trinajstić information content (AvgIpc) is 1.65. The van der Waals surface area contributed by atoms with Crippen LogP contribution in [0.5, 0.6) is 0 Å². The van der Waals surface area contributed by atoms with Gasteiger partial charge in [0.25, 0.3) is 0 Å². The van der Waals surface area contributed by atoms with E-state index in [9.17, 15) is 0 Å². The molecule has 0 saturated carbocycles. The zero-order valence-corrected chi connectivity index (χ0v) is 4.89. The first-order valence-electron chi connectivity index (χ1n) is 2.47. The van der Waals surface area contributed by atoms with Crippen LogP contribution < -0.4 is 0 Å². The predicted octanol–water partition coefficient (Wildman–Crippen LogP) is 0.254. The summed E-state index contributed by atoms with van der Waals surface area (Å²) in [5, 5.41) is 0. The summed E-state index contributed by atoms with van der Waals surface area (Å²) < 4.78 is 1.22. The molecule has 0 aliphatic heterocycles. The zero-order chi connectivity index (χ0) is 5.86. The van der Waals surface area contributed by atoms with Gasteiger partial charge < -0.3 is 4.72 Å². The van der Waals surface area contributed by atoms with E-state index in [2.05, 4.69) is 0 Å². The molecule has 0 aliphatic carbocycles. The molecular formula is C4H9B2N. The summed E-state index contributed by atoms with van der Waals surface area (Å²) in [6, 6.07) is 0.292. The van der Waals surface area contributed by atoms with Crippen molar-refractivity contribution in [1.82, 2.24) is 4.72 Å². The van der Waals surface area contributed by atoms with Gasteiger partial charge >= 0.3 is 0 Å². The highest BCUT2D eigenvalue weighted by Crippen LogP contribution is 1.92. The van der Waals surface area contributed by atoms with Gasteiger partial charge in [-0.1, -0.05) is 13.8 Å². The Morgan fingerprint density at radius 1 is 1.57 bits per heavy atom. The van der Waals surface area contributed by atoms with Crippen LogP contribution in [-0.2, 0) is 0 Å². The van der Waals surface area contributed by atoms with Crippen molar-refractivity contribution >= 4 is 16.0 Å². The molecule has 1 unspecified atom stereocenters. The van der Waals surface area contributed by atoms with Crippen molar-refractivity contribution in [2.45, 2.75) is 26.3 Å². The summed E-state index contributed by atoms with van der Waals surface area (Å²) in [7, 11) is 10.3. The van der Waals surface area contributed by atoms with Crippen LogP contribution >= 0.6 is 0 Å². The molecule has 0 aromatic carbocycles. The second-order valence-electron chi connectivity index (χ2n) is 1.70. The second-order valence-corrected chi connectivity index (χ2v) is 1.70. The van der Waals surface area contributed by atoms with Crippen LogP contribution in [-0.4, -0.2) is 26.7 Å². The molecule has 36 valence electrons. The van der Waals surface area contributed by atoms with Crippen LogP contribution in [0.2, 0.25) is 0 Å². The van der Waals surface area contributed by atoms with Gasteiger partial charge in [-0.25, -0.2) is 0 Å². The van der Waals surface area contributed by atoms with Crippen molar-refractivity contribution in [2.24, 2.45) is 0 Å². The fourth-order valence-electron chi connectivity index (χ4n) is 0.211. The minimum atomic E-state index is 0.292. The molecule has 0 aromatic heterocycles. The molecule has 0 spiro atoms. The number of rotatable bonds is 2. The Balaban J connectivity index is 3.14. The van der Waals surface area contributed by atoms with Gasteiger partial charge in [0.2, 0.25) is 0 Å². The van der Waals surface area contributed by atoms with Crippen LogP contribution in [0.1, 0.15) is 20.3 Å². The summed E-state index contributed by atoms with van der Waals surface area (Å²) in [6.45, 7) is 4.01. The Kier molecular flexibility index (Phi) is 3.18. The SMILES string of the molecule is [B]N([B])C(C)CC. The van der Waals surface area contributed by atoms with Crippen LogP contribution in [0.15, 0.2) is 0 Å². The van der Waals surface area contributed by atoms with E-state index in [0.717, 1.165) is 6.42 Å². The van der Waals surface area contributed by atoms with E-state index in [1.54, 1.807) is 0 Å². The molecule has 0 aliphatic rings. The third-order valence-corrected chi connectivity index (χ3v) is 1.10. The molecule has 0 saturated heterocycles. The fraction of sp³-hybridized carbons (Fsp3) is 1.00. The van der Waals surface area contributed by atoms with Crippen molar-refractivity contribution in [1.29, 1.82) is 0 Å². The lowest BCUT2D eigenvalue weighted by molar-refractivity contribution is 0.509. The van der Waals surface area contributed by atoms with Crippen molar-refractivity contribution in [2.75, 3.05) is 0 Å². The minimum absolute atomic E-state index is 0.292. The number of nitrogens with zero attached hydrogens (tertiary/aromatic N) is 1. The molecule has 0 amide bonds. The van der Waals surface area contributed by atoms with Crippen LogP contribution in [0, 0.1) is 0 Å². The highest BCUT2D eigenvalue weighted by atomic mass is 14.9. The monoisotopic (exact) mass is 93.1 g/mol. The van der Waals surface area contributed by atoms with Gasteiger partial charge in [0.05, 0.1) is 0 Å². The molecule has 0 N–H and O–H groups in total. The fourth-order valence-corrected chi connectivity index (χ4v) is 0.211. The maximum atomic E-state index is 5.16. The molecular weight excluding hydrogens is 83.7 g/mol. The summed E-state index contributed by atoms with van der Waals surface area (Å²) in [5.41, 5.74) is 0. The smallest absolute Gasteiger partial charge is 0.166 e. The second kappa shape index (κ2) is 3.14. The van der Waals surface area contributed by atoms with Gasteiger partial charge in [0, 0.05) is 0 Å². The van der Waals surface area contributed by atoms with E-state index in [4.69, 9.17) is 16.0 Å². The van der Waals surface area contributed by atoms with Crippen molar-refractivity contribution < 1.29 is 0 Å². The minimum Gasteiger partial charge on any atom is -0.402 e. The van der Waals surface area contributed by atoms with Crippen LogP contribution in [0.4, 0.5) is 0 Å². The lowest BCUT2D eigenvalue weighted by atomic mass is 10.1. The lowest BCUT2D eigenvalue weighted by Crippen LogP contribution is -2.26. The van der Waals surface area contributed by atoms with Gasteiger partial charge in [0.15, 0.2) is 16.0 Å². The maximum Gasteiger partial charge on any atom is 0.166 e. The Morgan fingerprint density at radius 2 is 2.00 bits per heavy atom. The quantitative estimate of drug-likeness (QED) is 0.442. The third-order valence-electron chi connectivity index (χ3n) is 1.10. The van der Waals surface area contributed by atoms with Gasteiger partial charge in [-0.2, -0.15) is 0 Å². The first kappa shape index (κ1) is 7.09. The molecule has 7 heavy (non-hydrogen) atoms. The summed E-state index contributed by atoms with van der Waals surface area (Å²) in [4.78, 5) is 0. The zero-order valence-electron chi connectivity index (χ0n) is 4.89. The topological polar surface area (TPSA) is 3.24 Å². The van der Waals surface area contributed by atoms with Gasteiger partial charge in [-0.05, 0) is 12.5 Å². The van der Waals surface area contributed by atoms with Crippen LogP contribution in [0.25, 0.3) is 0 Å². The molecule has 0 aromatic rings. The largest absolute Gasteiger partial charge is 0.402 e. The van der Waals surface area contributed by atoms with Crippen molar-refractivity contribution in [3.63, 3.8) is 0 Å². The highest BCUT2D eigenvalue weighted by Gasteiger charge is 1.96. The molecule has 0 fully saturated rings. The molecule has 0 heterocycles. The number of hydrogen-bond acceptors (Lipinski definition) is 1. The first-order chi connectivity index (χ1) is 3.18. The van der Waals surface area contributed by atoms with Gasteiger partial charge in [-0.15, -0.1) is 0 Å². The Bertz CT molecular complexity index is 47.0. The van der Waals surface area contributed by atoms with E-state index >= 15 is 0 Å². The Hall–Kier alpha value is 0.0899. The molecule has 3 heteroatoms. The molecule has 4 radical (unpaired) electrons.